The predicted molar refractivity (Wildman–Crippen MR) is 110 cm³/mol. The molecule has 0 N–H and O–H groups in total. The lowest BCUT2D eigenvalue weighted by Gasteiger charge is -2.27. The minimum Gasteiger partial charge on any atom is -0.464 e. The van der Waals surface area contributed by atoms with Crippen LogP contribution in [0, 0.1) is 0 Å². The Bertz CT molecular complexity index is 1060. The molecule has 0 unspecified atom stereocenters. The van der Waals surface area contributed by atoms with Crippen molar-refractivity contribution in [2.45, 2.75) is 59.0 Å². The second-order valence-electron chi connectivity index (χ2n) is 7.97. The highest BCUT2D eigenvalue weighted by atomic mass is 16.3. The van der Waals surface area contributed by atoms with Gasteiger partial charge < -0.3 is 4.42 Å². The van der Waals surface area contributed by atoms with Gasteiger partial charge in [0.2, 0.25) is 0 Å². The van der Waals surface area contributed by atoms with Crippen LogP contribution in [0.15, 0.2) is 39.9 Å². The average Bonchev–Trinajstić information content (AvgIpc) is 2.70. The highest BCUT2D eigenvalue weighted by Gasteiger charge is 2.20. The van der Waals surface area contributed by atoms with E-state index in [4.69, 9.17) is 9.40 Å². The first-order valence-corrected chi connectivity index (χ1v) is 10.2. The first-order chi connectivity index (χ1) is 13.5. The minimum absolute atomic E-state index is 0.0732. The van der Waals surface area contributed by atoms with Crippen LogP contribution in [0.5, 0.6) is 0 Å². The molecule has 0 bridgehead atoms. The van der Waals surface area contributed by atoms with E-state index >= 15 is 0 Å². The number of nitrogens with zero attached hydrogens (tertiary/aromatic N) is 3. The quantitative estimate of drug-likeness (QED) is 0.666. The van der Waals surface area contributed by atoms with Gasteiger partial charge in [0.05, 0.1) is 11.6 Å². The molecule has 0 fully saturated rings. The zero-order valence-electron chi connectivity index (χ0n) is 16.9. The van der Waals surface area contributed by atoms with Gasteiger partial charge in [-0.1, -0.05) is 26.8 Å². The molecule has 5 nitrogen and oxygen atoms in total. The Labute approximate surface area is 165 Å². The van der Waals surface area contributed by atoms with E-state index in [0.717, 1.165) is 49.4 Å². The summed E-state index contributed by atoms with van der Waals surface area (Å²) in [4.78, 5) is 24.5. The van der Waals surface area contributed by atoms with Crippen molar-refractivity contribution in [3.63, 3.8) is 0 Å². The fraction of sp³-hybridized carbons (Fsp3) is 0.435. The molecule has 146 valence electrons. The molecule has 0 saturated heterocycles. The Kier molecular flexibility index (Phi) is 5.27. The summed E-state index contributed by atoms with van der Waals surface area (Å²) in [7, 11) is 0. The summed E-state index contributed by atoms with van der Waals surface area (Å²) in [6.07, 6.45) is 6.45. The number of benzene rings is 1. The molecule has 0 spiro atoms. The van der Waals surface area contributed by atoms with Gasteiger partial charge in [-0.05, 0) is 30.0 Å². The van der Waals surface area contributed by atoms with Crippen LogP contribution in [0.2, 0.25) is 0 Å². The number of hydrogen-bond donors (Lipinski definition) is 0. The molecule has 5 heteroatoms. The van der Waals surface area contributed by atoms with Gasteiger partial charge in [0, 0.05) is 55.5 Å². The maximum Gasteiger partial charge on any atom is 0.197 e. The van der Waals surface area contributed by atoms with Gasteiger partial charge in [0.25, 0.3) is 0 Å². The predicted octanol–water partition coefficient (Wildman–Crippen LogP) is 4.22. The van der Waals surface area contributed by atoms with Crippen LogP contribution in [0.25, 0.3) is 11.0 Å². The van der Waals surface area contributed by atoms with E-state index in [0.29, 0.717) is 29.0 Å². The van der Waals surface area contributed by atoms with Crippen LogP contribution in [0.4, 0.5) is 0 Å². The van der Waals surface area contributed by atoms with Crippen molar-refractivity contribution in [2.75, 3.05) is 6.54 Å². The van der Waals surface area contributed by atoms with Crippen molar-refractivity contribution < 1.29 is 4.42 Å². The summed E-state index contributed by atoms with van der Waals surface area (Å²) in [5.74, 6) is 1.31. The minimum atomic E-state index is 0.0732. The van der Waals surface area contributed by atoms with Gasteiger partial charge >= 0.3 is 0 Å². The van der Waals surface area contributed by atoms with Gasteiger partial charge in [-0.2, -0.15) is 0 Å². The fourth-order valence-corrected chi connectivity index (χ4v) is 3.79. The van der Waals surface area contributed by atoms with Gasteiger partial charge in [0.1, 0.15) is 11.4 Å². The topological polar surface area (TPSA) is 59.2 Å². The van der Waals surface area contributed by atoms with Crippen molar-refractivity contribution >= 4 is 11.0 Å². The fourth-order valence-electron chi connectivity index (χ4n) is 3.79. The summed E-state index contributed by atoms with van der Waals surface area (Å²) < 4.78 is 5.76. The van der Waals surface area contributed by atoms with Gasteiger partial charge in [-0.25, -0.2) is 9.97 Å². The molecule has 0 radical (unpaired) electrons. The number of fused-ring (bicyclic) bond motifs is 2. The van der Waals surface area contributed by atoms with E-state index < -0.39 is 0 Å². The molecule has 4 rings (SSSR count). The van der Waals surface area contributed by atoms with Crippen molar-refractivity contribution in [1.29, 1.82) is 0 Å². The summed E-state index contributed by atoms with van der Waals surface area (Å²) >= 11 is 0. The Balaban J connectivity index is 1.57. The summed E-state index contributed by atoms with van der Waals surface area (Å²) in [5.41, 5.74) is 4.91. The van der Waals surface area contributed by atoms with Gasteiger partial charge in [-0.3, -0.25) is 9.69 Å². The molecular formula is C23H27N3O2. The Morgan fingerprint density at radius 3 is 2.93 bits per heavy atom. The number of aryl methyl sites for hydroxylation is 1. The second kappa shape index (κ2) is 7.84. The molecule has 1 aliphatic rings. The summed E-state index contributed by atoms with van der Waals surface area (Å²) in [5, 5.41) is 0.675. The number of rotatable bonds is 5. The van der Waals surface area contributed by atoms with E-state index in [1.165, 1.54) is 5.56 Å². The summed E-state index contributed by atoms with van der Waals surface area (Å²) in [6, 6.07) is 5.91. The third-order valence-electron chi connectivity index (χ3n) is 5.47. The van der Waals surface area contributed by atoms with E-state index in [2.05, 4.69) is 30.7 Å². The van der Waals surface area contributed by atoms with Gasteiger partial charge in [-0.15, -0.1) is 0 Å². The third-order valence-corrected chi connectivity index (χ3v) is 5.47. The van der Waals surface area contributed by atoms with Crippen LogP contribution in [-0.2, 0) is 25.9 Å². The molecule has 1 aromatic carbocycles. The number of hydrogen-bond acceptors (Lipinski definition) is 5. The standard InChI is InChI=1S/C23H27N3O2/c1-4-5-22-24-11-17-12-26(9-8-20(17)25-22)13-18-14-28-21-7-6-16(15(2)3)10-19(21)23(18)27/h6-7,10-11,14-15H,4-5,8-9,12-13H2,1-3H3. The van der Waals surface area contributed by atoms with E-state index in [-0.39, 0.29) is 5.43 Å². The molecule has 28 heavy (non-hydrogen) atoms. The smallest absolute Gasteiger partial charge is 0.197 e. The van der Waals surface area contributed by atoms with Crippen molar-refractivity contribution in [3.8, 4) is 0 Å². The SMILES string of the molecule is CCCc1ncc2c(n1)CCN(Cc1coc3ccc(C(C)C)cc3c1=O)C2. The lowest BCUT2D eigenvalue weighted by atomic mass is 10.0. The van der Waals surface area contributed by atoms with Crippen LogP contribution in [0.3, 0.4) is 0 Å². The Hall–Kier alpha value is -2.53. The molecule has 0 saturated carbocycles. The zero-order chi connectivity index (χ0) is 19.7. The third kappa shape index (κ3) is 3.72. The largest absolute Gasteiger partial charge is 0.464 e. The maximum atomic E-state index is 13.0. The molecule has 0 atom stereocenters. The molecule has 2 aromatic heterocycles. The molecule has 0 amide bonds. The lowest BCUT2D eigenvalue weighted by molar-refractivity contribution is 0.240. The second-order valence-corrected chi connectivity index (χ2v) is 7.97. The van der Waals surface area contributed by atoms with Crippen molar-refractivity contribution in [1.82, 2.24) is 14.9 Å². The Morgan fingerprint density at radius 1 is 1.29 bits per heavy atom. The first-order valence-electron chi connectivity index (χ1n) is 10.2. The molecule has 3 aromatic rings. The average molecular weight is 377 g/mol. The molecule has 0 aliphatic carbocycles. The number of aromatic nitrogens is 2. The molecule has 3 heterocycles. The summed E-state index contributed by atoms with van der Waals surface area (Å²) in [6.45, 7) is 8.64. The van der Waals surface area contributed by atoms with Crippen LogP contribution in [-0.4, -0.2) is 21.4 Å². The van der Waals surface area contributed by atoms with Crippen LogP contribution < -0.4 is 5.43 Å². The van der Waals surface area contributed by atoms with E-state index in [1.54, 1.807) is 6.26 Å². The molecular weight excluding hydrogens is 350 g/mol. The first kappa shape index (κ1) is 18.8. The lowest BCUT2D eigenvalue weighted by Crippen LogP contribution is -2.32. The van der Waals surface area contributed by atoms with Crippen molar-refractivity contribution in [3.05, 3.63) is 69.1 Å². The highest BCUT2D eigenvalue weighted by molar-refractivity contribution is 5.77. The zero-order valence-corrected chi connectivity index (χ0v) is 16.9. The highest BCUT2D eigenvalue weighted by Crippen LogP contribution is 2.22. The van der Waals surface area contributed by atoms with Gasteiger partial charge in [0.15, 0.2) is 5.43 Å². The van der Waals surface area contributed by atoms with E-state index in [9.17, 15) is 4.79 Å². The molecule has 1 aliphatic heterocycles. The van der Waals surface area contributed by atoms with Crippen molar-refractivity contribution in [2.24, 2.45) is 0 Å². The van der Waals surface area contributed by atoms with Crippen LogP contribution in [0.1, 0.15) is 61.3 Å². The Morgan fingerprint density at radius 2 is 2.14 bits per heavy atom. The normalized spacial score (nSPS) is 14.6. The monoisotopic (exact) mass is 377 g/mol. The van der Waals surface area contributed by atoms with E-state index in [1.807, 2.05) is 24.4 Å². The van der Waals surface area contributed by atoms with Crippen LogP contribution >= 0.6 is 0 Å². The maximum absolute atomic E-state index is 13.0.